The van der Waals surface area contributed by atoms with E-state index in [1.54, 1.807) is 36.4 Å². The lowest BCUT2D eigenvalue weighted by molar-refractivity contribution is -0.119. The number of halogens is 2. The Bertz CT molecular complexity index is 795. The van der Waals surface area contributed by atoms with Gasteiger partial charge >= 0.3 is 0 Å². The summed E-state index contributed by atoms with van der Waals surface area (Å²) >= 11 is 5.38. The maximum atomic E-state index is 12.9. The molecule has 0 spiro atoms. The Morgan fingerprint density at radius 2 is 1.70 bits per heavy atom. The van der Waals surface area contributed by atoms with Crippen molar-refractivity contribution in [3.8, 4) is 0 Å². The first-order chi connectivity index (χ1) is 10.8. The SMILES string of the molecule is NNC(=O)CN(c1ccc(I)cc1)S(=O)(=O)c1ccc(Br)cc1. The van der Waals surface area contributed by atoms with Crippen molar-refractivity contribution in [1.29, 1.82) is 0 Å². The zero-order chi connectivity index (χ0) is 17.0. The standard InChI is InChI=1S/C14H13BrIN3O3S/c15-10-1-7-13(8-2-10)23(21,22)19(9-14(20)18-17)12-5-3-11(16)4-6-12/h1-8H,9,17H2,(H,18,20). The molecule has 0 saturated heterocycles. The van der Waals surface area contributed by atoms with Crippen molar-refractivity contribution < 1.29 is 13.2 Å². The van der Waals surface area contributed by atoms with Crippen molar-refractivity contribution in [3.05, 3.63) is 56.6 Å². The molecule has 0 aromatic heterocycles. The second kappa shape index (κ2) is 7.60. The van der Waals surface area contributed by atoms with Crippen LogP contribution >= 0.6 is 38.5 Å². The summed E-state index contributed by atoms with van der Waals surface area (Å²) in [4.78, 5) is 11.7. The number of amides is 1. The normalized spacial score (nSPS) is 11.1. The molecule has 0 unspecified atom stereocenters. The van der Waals surface area contributed by atoms with Gasteiger partial charge in [0.05, 0.1) is 10.6 Å². The Kier molecular flexibility index (Phi) is 6.00. The summed E-state index contributed by atoms with van der Waals surface area (Å²) in [6, 6.07) is 13.0. The Morgan fingerprint density at radius 3 is 2.22 bits per heavy atom. The first-order valence-electron chi connectivity index (χ1n) is 6.38. The maximum absolute atomic E-state index is 12.9. The minimum Gasteiger partial charge on any atom is -0.293 e. The summed E-state index contributed by atoms with van der Waals surface area (Å²) in [5.74, 6) is 4.49. The van der Waals surface area contributed by atoms with Crippen LogP contribution in [0.3, 0.4) is 0 Å². The van der Waals surface area contributed by atoms with E-state index in [-0.39, 0.29) is 4.90 Å². The number of rotatable bonds is 5. The number of nitrogens with two attached hydrogens (primary N) is 1. The van der Waals surface area contributed by atoms with Crippen LogP contribution in [0.15, 0.2) is 57.9 Å². The molecule has 0 aliphatic heterocycles. The van der Waals surface area contributed by atoms with Gasteiger partial charge < -0.3 is 0 Å². The zero-order valence-electron chi connectivity index (χ0n) is 11.7. The monoisotopic (exact) mass is 509 g/mol. The molecule has 23 heavy (non-hydrogen) atoms. The van der Waals surface area contributed by atoms with Gasteiger partial charge in [-0.1, -0.05) is 15.9 Å². The van der Waals surface area contributed by atoms with Crippen molar-refractivity contribution in [2.45, 2.75) is 4.90 Å². The minimum absolute atomic E-state index is 0.0871. The highest BCUT2D eigenvalue weighted by Crippen LogP contribution is 2.25. The second-order valence-corrected chi connectivity index (χ2v) is 8.53. The van der Waals surface area contributed by atoms with Gasteiger partial charge in [0.15, 0.2) is 0 Å². The van der Waals surface area contributed by atoms with Crippen LogP contribution in [-0.4, -0.2) is 20.9 Å². The van der Waals surface area contributed by atoms with Crippen molar-refractivity contribution >= 4 is 60.1 Å². The van der Waals surface area contributed by atoms with Gasteiger partial charge in [-0.2, -0.15) is 0 Å². The van der Waals surface area contributed by atoms with Gasteiger partial charge in [-0.05, 0) is 71.1 Å². The fourth-order valence-electron chi connectivity index (χ4n) is 1.83. The largest absolute Gasteiger partial charge is 0.293 e. The molecule has 0 aliphatic carbocycles. The molecule has 3 N–H and O–H groups in total. The highest BCUT2D eigenvalue weighted by Gasteiger charge is 2.26. The van der Waals surface area contributed by atoms with E-state index in [2.05, 4.69) is 38.5 Å². The molecule has 2 rings (SSSR count). The molecule has 0 saturated carbocycles. The van der Waals surface area contributed by atoms with Gasteiger partial charge in [-0.3, -0.25) is 14.5 Å². The number of carbonyl (C=O) groups excluding carboxylic acids is 1. The van der Waals surface area contributed by atoms with Crippen molar-refractivity contribution in [1.82, 2.24) is 5.43 Å². The Labute approximate surface area is 156 Å². The van der Waals surface area contributed by atoms with Gasteiger partial charge in [0, 0.05) is 8.04 Å². The summed E-state index contributed by atoms with van der Waals surface area (Å²) < 4.78 is 28.5. The highest BCUT2D eigenvalue weighted by molar-refractivity contribution is 14.1. The number of hydrazine groups is 1. The summed E-state index contributed by atoms with van der Waals surface area (Å²) in [6.07, 6.45) is 0. The third-order valence-electron chi connectivity index (χ3n) is 2.96. The predicted octanol–water partition coefficient (Wildman–Crippen LogP) is 2.24. The number of hydrogen-bond acceptors (Lipinski definition) is 4. The van der Waals surface area contributed by atoms with Gasteiger partial charge in [-0.15, -0.1) is 0 Å². The van der Waals surface area contributed by atoms with Crippen LogP contribution in [0.25, 0.3) is 0 Å². The molecule has 6 nitrogen and oxygen atoms in total. The molecule has 9 heteroatoms. The summed E-state index contributed by atoms with van der Waals surface area (Å²) in [7, 11) is -3.90. The number of nitrogens with one attached hydrogen (secondary N) is 1. The third-order valence-corrected chi connectivity index (χ3v) is 6.00. The molecule has 2 aromatic rings. The van der Waals surface area contributed by atoms with E-state index in [4.69, 9.17) is 5.84 Å². The molecule has 0 atom stereocenters. The van der Waals surface area contributed by atoms with Crippen molar-refractivity contribution in [3.63, 3.8) is 0 Å². The molecule has 1 amide bonds. The summed E-state index contributed by atoms with van der Waals surface area (Å²) in [6.45, 7) is -0.407. The molecule has 122 valence electrons. The lowest BCUT2D eigenvalue weighted by Gasteiger charge is -2.23. The first-order valence-corrected chi connectivity index (χ1v) is 9.69. The third kappa shape index (κ3) is 4.43. The predicted molar refractivity (Wildman–Crippen MR) is 100 cm³/mol. The Hall–Kier alpha value is -1.17. The van der Waals surface area contributed by atoms with Gasteiger partial charge in [0.25, 0.3) is 15.9 Å². The van der Waals surface area contributed by atoms with E-state index in [9.17, 15) is 13.2 Å². The molecule has 0 aliphatic rings. The zero-order valence-corrected chi connectivity index (χ0v) is 16.3. The maximum Gasteiger partial charge on any atom is 0.264 e. The lowest BCUT2D eigenvalue weighted by Crippen LogP contribution is -2.43. The van der Waals surface area contributed by atoms with E-state index >= 15 is 0 Å². The lowest BCUT2D eigenvalue weighted by atomic mass is 10.3. The molecule has 2 aromatic carbocycles. The number of hydrogen-bond donors (Lipinski definition) is 2. The van der Waals surface area contributed by atoms with Crippen molar-refractivity contribution in [2.24, 2.45) is 5.84 Å². The fraction of sp³-hybridized carbons (Fsp3) is 0.0714. The number of carbonyl (C=O) groups is 1. The second-order valence-electron chi connectivity index (χ2n) is 4.51. The molecule has 0 heterocycles. The number of sulfonamides is 1. The van der Waals surface area contributed by atoms with E-state index in [0.717, 1.165) is 12.3 Å². The van der Waals surface area contributed by atoms with E-state index < -0.39 is 22.5 Å². The van der Waals surface area contributed by atoms with E-state index in [1.807, 2.05) is 5.43 Å². The molecular formula is C14H13BrIN3O3S. The van der Waals surface area contributed by atoms with Crippen molar-refractivity contribution in [2.75, 3.05) is 10.8 Å². The molecule has 0 radical (unpaired) electrons. The minimum atomic E-state index is -3.90. The van der Waals surface area contributed by atoms with Gasteiger partial charge in [0.1, 0.15) is 6.54 Å². The number of nitrogens with zero attached hydrogens (tertiary/aromatic N) is 1. The molecule has 0 bridgehead atoms. The number of benzene rings is 2. The van der Waals surface area contributed by atoms with Gasteiger partial charge in [-0.25, -0.2) is 14.3 Å². The van der Waals surface area contributed by atoms with Crippen LogP contribution in [0.1, 0.15) is 0 Å². The first kappa shape index (κ1) is 18.2. The summed E-state index contributed by atoms with van der Waals surface area (Å²) in [5, 5.41) is 0. The highest BCUT2D eigenvalue weighted by atomic mass is 127. The van der Waals surface area contributed by atoms with Crippen LogP contribution in [0.4, 0.5) is 5.69 Å². The Morgan fingerprint density at radius 1 is 1.13 bits per heavy atom. The van der Waals surface area contributed by atoms with E-state index in [1.165, 1.54) is 12.1 Å². The van der Waals surface area contributed by atoms with Crippen LogP contribution in [0.2, 0.25) is 0 Å². The average Bonchev–Trinajstić information content (AvgIpc) is 2.53. The smallest absolute Gasteiger partial charge is 0.264 e. The van der Waals surface area contributed by atoms with Crippen LogP contribution in [0, 0.1) is 3.57 Å². The molecular weight excluding hydrogens is 497 g/mol. The number of anilines is 1. The van der Waals surface area contributed by atoms with E-state index in [0.29, 0.717) is 5.69 Å². The quantitative estimate of drug-likeness (QED) is 0.280. The van der Waals surface area contributed by atoms with Crippen LogP contribution in [-0.2, 0) is 14.8 Å². The van der Waals surface area contributed by atoms with Crippen LogP contribution in [0.5, 0.6) is 0 Å². The summed E-state index contributed by atoms with van der Waals surface area (Å²) in [5.41, 5.74) is 2.34. The topological polar surface area (TPSA) is 92.5 Å². The molecule has 0 fully saturated rings. The van der Waals surface area contributed by atoms with Gasteiger partial charge in [0.2, 0.25) is 0 Å². The Balaban J connectivity index is 2.49. The fourth-order valence-corrected chi connectivity index (χ4v) is 3.88. The van der Waals surface area contributed by atoms with Crippen LogP contribution < -0.4 is 15.6 Å². The average molecular weight is 510 g/mol.